The number of carbonyl (C=O) groups is 2. The van der Waals surface area contributed by atoms with Gasteiger partial charge in [0.2, 0.25) is 5.91 Å². The van der Waals surface area contributed by atoms with Crippen molar-refractivity contribution in [2.24, 2.45) is 0 Å². The number of likely N-dealkylation sites (N-methyl/N-ethyl adjacent to an activating group) is 1. The Kier molecular flexibility index (Phi) is 5.28. The molecule has 25 heavy (non-hydrogen) atoms. The second-order valence-corrected chi connectivity index (χ2v) is 6.93. The van der Waals surface area contributed by atoms with Gasteiger partial charge in [-0.3, -0.25) is 14.9 Å². The van der Waals surface area contributed by atoms with Gasteiger partial charge in [-0.2, -0.15) is 0 Å². The van der Waals surface area contributed by atoms with Crippen molar-refractivity contribution in [1.29, 1.82) is 0 Å². The molecule has 0 radical (unpaired) electrons. The first-order valence-electron chi connectivity index (χ1n) is 7.88. The minimum Gasteiger partial charge on any atom is -0.492 e. The van der Waals surface area contributed by atoms with E-state index in [1.807, 2.05) is 43.1 Å². The number of anilines is 1. The minimum atomic E-state index is -0.350. The Morgan fingerprint density at radius 3 is 2.68 bits per heavy atom. The number of hydrogen-bond donors (Lipinski definition) is 1. The predicted octanol–water partition coefficient (Wildman–Crippen LogP) is 2.39. The van der Waals surface area contributed by atoms with Crippen LogP contribution in [0.5, 0.6) is 5.75 Å². The zero-order valence-electron chi connectivity index (χ0n) is 14.0. The Morgan fingerprint density at radius 2 is 2.08 bits per heavy atom. The molecule has 2 heterocycles. The molecule has 1 fully saturated rings. The molecule has 2 amide bonds. The van der Waals surface area contributed by atoms with E-state index in [-0.39, 0.29) is 16.4 Å². The molecule has 3 rings (SSSR count). The van der Waals surface area contributed by atoms with Crippen LogP contribution in [0.3, 0.4) is 0 Å². The van der Waals surface area contributed by atoms with Gasteiger partial charge in [-0.25, -0.2) is 4.98 Å². The number of imide groups is 1. The molecule has 1 unspecified atom stereocenters. The average Bonchev–Trinajstić information content (AvgIpc) is 3.14. The summed E-state index contributed by atoms with van der Waals surface area (Å²) in [6, 6.07) is 8.12. The molecule has 1 aromatic heterocycles. The number of rotatable bonds is 7. The van der Waals surface area contributed by atoms with Crippen LogP contribution in [0.1, 0.15) is 11.3 Å². The Bertz CT molecular complexity index is 760. The van der Waals surface area contributed by atoms with Crippen LogP contribution >= 0.6 is 11.8 Å². The van der Waals surface area contributed by atoms with Crippen LogP contribution in [-0.4, -0.2) is 41.6 Å². The third-order valence-electron chi connectivity index (χ3n) is 3.74. The number of oxazole rings is 1. The van der Waals surface area contributed by atoms with Crippen molar-refractivity contribution >= 4 is 28.9 Å². The van der Waals surface area contributed by atoms with Gasteiger partial charge in [0, 0.05) is 7.05 Å². The highest BCUT2D eigenvalue weighted by Crippen LogP contribution is 2.24. The third kappa shape index (κ3) is 4.54. The number of aromatic nitrogens is 1. The lowest BCUT2D eigenvalue weighted by Gasteiger charge is -2.15. The van der Waals surface area contributed by atoms with E-state index in [2.05, 4.69) is 10.3 Å². The first-order chi connectivity index (χ1) is 12.0. The molecule has 1 atom stereocenters. The normalized spacial score (nSPS) is 16.8. The molecule has 0 aliphatic carbocycles. The van der Waals surface area contributed by atoms with Gasteiger partial charge in [0.05, 0.1) is 18.0 Å². The van der Waals surface area contributed by atoms with E-state index in [1.54, 1.807) is 6.20 Å². The summed E-state index contributed by atoms with van der Waals surface area (Å²) in [5.41, 5.74) is 0.988. The van der Waals surface area contributed by atoms with Crippen LogP contribution in [-0.2, 0) is 11.2 Å². The Morgan fingerprint density at radius 1 is 1.32 bits per heavy atom. The Hall–Kier alpha value is -2.48. The summed E-state index contributed by atoms with van der Waals surface area (Å²) < 4.78 is 11.2. The predicted molar refractivity (Wildman–Crippen MR) is 95.1 cm³/mol. The summed E-state index contributed by atoms with van der Waals surface area (Å²) in [6.07, 6.45) is 2.21. The topological polar surface area (TPSA) is 84.7 Å². The lowest BCUT2D eigenvalue weighted by atomic mass is 10.1. The SMILES string of the molecule is Cc1cnc(N(C)CCOc2ccc(CC3SC(=O)NC3=O)cc2)o1. The average molecular weight is 361 g/mol. The number of nitrogens with one attached hydrogen (secondary N) is 1. The minimum absolute atomic E-state index is 0.222. The van der Waals surface area contributed by atoms with Gasteiger partial charge in [-0.05, 0) is 31.0 Å². The summed E-state index contributed by atoms with van der Waals surface area (Å²) in [5.74, 6) is 1.30. The first kappa shape index (κ1) is 17.3. The first-order valence-corrected chi connectivity index (χ1v) is 8.76. The van der Waals surface area contributed by atoms with Crippen molar-refractivity contribution in [1.82, 2.24) is 10.3 Å². The van der Waals surface area contributed by atoms with E-state index in [4.69, 9.17) is 9.15 Å². The molecule has 132 valence electrons. The molecule has 1 N–H and O–H groups in total. The van der Waals surface area contributed by atoms with E-state index in [0.717, 1.165) is 28.8 Å². The fraction of sp³-hybridized carbons (Fsp3) is 0.353. The van der Waals surface area contributed by atoms with E-state index >= 15 is 0 Å². The van der Waals surface area contributed by atoms with Crippen molar-refractivity contribution in [2.45, 2.75) is 18.6 Å². The molecule has 1 saturated heterocycles. The molecule has 1 aliphatic rings. The number of nitrogens with zero attached hydrogens (tertiary/aromatic N) is 2. The smallest absolute Gasteiger partial charge is 0.297 e. The van der Waals surface area contributed by atoms with Crippen molar-refractivity contribution in [3.63, 3.8) is 0 Å². The summed E-state index contributed by atoms with van der Waals surface area (Å²) in [7, 11) is 1.89. The quantitative estimate of drug-likeness (QED) is 0.810. The molecule has 2 aromatic rings. The highest BCUT2D eigenvalue weighted by atomic mass is 32.2. The summed E-state index contributed by atoms with van der Waals surface area (Å²) in [6.45, 7) is 2.99. The van der Waals surface area contributed by atoms with E-state index in [1.165, 1.54) is 0 Å². The number of aryl methyl sites for hydroxylation is 1. The van der Waals surface area contributed by atoms with E-state index < -0.39 is 0 Å². The fourth-order valence-corrected chi connectivity index (χ4v) is 3.24. The van der Waals surface area contributed by atoms with Gasteiger partial charge in [0.1, 0.15) is 18.1 Å². The maximum Gasteiger partial charge on any atom is 0.297 e. The van der Waals surface area contributed by atoms with Gasteiger partial charge in [-0.1, -0.05) is 23.9 Å². The zero-order chi connectivity index (χ0) is 17.8. The summed E-state index contributed by atoms with van der Waals surface area (Å²) in [4.78, 5) is 28.8. The highest BCUT2D eigenvalue weighted by Gasteiger charge is 2.31. The molecule has 0 saturated carbocycles. The van der Waals surface area contributed by atoms with Crippen LogP contribution < -0.4 is 15.0 Å². The lowest BCUT2D eigenvalue weighted by Crippen LogP contribution is -2.25. The molecule has 0 spiro atoms. The van der Waals surface area contributed by atoms with Gasteiger partial charge in [0.15, 0.2) is 0 Å². The van der Waals surface area contributed by atoms with Crippen molar-refractivity contribution < 1.29 is 18.7 Å². The van der Waals surface area contributed by atoms with Gasteiger partial charge in [0.25, 0.3) is 11.3 Å². The fourth-order valence-electron chi connectivity index (χ4n) is 2.38. The summed E-state index contributed by atoms with van der Waals surface area (Å²) >= 11 is 1.04. The number of thioether (sulfide) groups is 1. The second kappa shape index (κ2) is 7.60. The summed E-state index contributed by atoms with van der Waals surface area (Å²) in [5, 5.41) is 1.67. The second-order valence-electron chi connectivity index (χ2n) is 5.75. The van der Waals surface area contributed by atoms with Crippen molar-refractivity contribution in [3.8, 4) is 5.75 Å². The van der Waals surface area contributed by atoms with Gasteiger partial charge >= 0.3 is 0 Å². The molecular weight excluding hydrogens is 342 g/mol. The molecule has 1 aliphatic heterocycles. The molecule has 7 nitrogen and oxygen atoms in total. The maximum absolute atomic E-state index is 11.6. The van der Waals surface area contributed by atoms with Crippen LogP contribution in [0.15, 0.2) is 34.9 Å². The molecular formula is C17H19N3O4S. The number of hydrogen-bond acceptors (Lipinski definition) is 7. The number of amides is 2. The lowest BCUT2D eigenvalue weighted by molar-refractivity contribution is -0.118. The van der Waals surface area contributed by atoms with Gasteiger partial charge < -0.3 is 14.1 Å². The van der Waals surface area contributed by atoms with E-state index in [0.29, 0.717) is 25.6 Å². The number of benzene rings is 1. The largest absolute Gasteiger partial charge is 0.492 e. The van der Waals surface area contributed by atoms with Crippen LogP contribution in [0, 0.1) is 6.92 Å². The third-order valence-corrected chi connectivity index (χ3v) is 4.72. The number of ether oxygens (including phenoxy) is 1. The number of carbonyl (C=O) groups excluding carboxylic acids is 2. The highest BCUT2D eigenvalue weighted by molar-refractivity contribution is 8.15. The molecule has 1 aromatic carbocycles. The molecule has 0 bridgehead atoms. The van der Waals surface area contributed by atoms with Crippen LogP contribution in [0.25, 0.3) is 0 Å². The van der Waals surface area contributed by atoms with Crippen LogP contribution in [0.4, 0.5) is 10.8 Å². The Balaban J connectivity index is 1.46. The van der Waals surface area contributed by atoms with Crippen molar-refractivity contribution in [2.75, 3.05) is 25.1 Å². The Labute approximate surface area is 149 Å². The zero-order valence-corrected chi connectivity index (χ0v) is 14.8. The van der Waals surface area contributed by atoms with Gasteiger partial charge in [-0.15, -0.1) is 0 Å². The molecule has 8 heteroatoms. The monoisotopic (exact) mass is 361 g/mol. The van der Waals surface area contributed by atoms with Crippen molar-refractivity contribution in [3.05, 3.63) is 41.8 Å². The maximum atomic E-state index is 11.6. The standard InChI is InChI=1S/C17H19N3O4S/c1-11-10-18-16(24-11)20(2)7-8-23-13-5-3-12(4-6-13)9-14-15(21)19-17(22)25-14/h3-6,10,14H,7-9H2,1-2H3,(H,19,21,22). The van der Waals surface area contributed by atoms with E-state index in [9.17, 15) is 9.59 Å². The van der Waals surface area contributed by atoms with Crippen LogP contribution in [0.2, 0.25) is 0 Å².